The predicted molar refractivity (Wildman–Crippen MR) is 241 cm³/mol. The minimum absolute atomic E-state index is 1.10. The molecule has 2 heterocycles. The van der Waals surface area contributed by atoms with Crippen molar-refractivity contribution in [3.05, 3.63) is 213 Å². The first-order valence-electron chi connectivity index (χ1n) is 19.2. The highest BCUT2D eigenvalue weighted by Gasteiger charge is 2.21. The van der Waals surface area contributed by atoms with Crippen LogP contribution in [0, 0.1) is 0 Å². The van der Waals surface area contributed by atoms with Crippen molar-refractivity contribution in [3.8, 4) is 11.4 Å². The number of hydrogen-bond acceptors (Lipinski definition) is 1. The lowest BCUT2D eigenvalue weighted by atomic mass is 10.1. The first-order chi connectivity index (χ1) is 27.7. The average Bonchev–Trinajstić information content (AvgIpc) is 3.78. The number of rotatable bonds is 5. The third-order valence-corrected chi connectivity index (χ3v) is 10.8. The van der Waals surface area contributed by atoms with Gasteiger partial charge in [-0.25, -0.2) is 0 Å². The Balaban J connectivity index is 0.00000124. The highest BCUT2D eigenvalue weighted by Crippen LogP contribution is 2.43. The van der Waals surface area contributed by atoms with Crippen molar-refractivity contribution in [1.82, 2.24) is 9.13 Å². The maximum Gasteiger partial charge on any atom is 0.0641 e. The van der Waals surface area contributed by atoms with Crippen molar-refractivity contribution < 1.29 is 0 Å². The second-order valence-corrected chi connectivity index (χ2v) is 14.2. The molecule has 3 nitrogen and oxygen atoms in total. The van der Waals surface area contributed by atoms with Gasteiger partial charge in [0, 0.05) is 50.0 Å². The number of para-hydroxylation sites is 3. The largest absolute Gasteiger partial charge is 0.310 e. The molecule has 0 spiro atoms. The van der Waals surface area contributed by atoms with Crippen molar-refractivity contribution in [2.24, 2.45) is 0 Å². The lowest BCUT2D eigenvalue weighted by Crippen LogP contribution is -2.10. The zero-order valence-electron chi connectivity index (χ0n) is 31.2. The van der Waals surface area contributed by atoms with Crippen molar-refractivity contribution >= 4 is 82.2 Å². The highest BCUT2D eigenvalue weighted by molar-refractivity contribution is 6.26. The summed E-state index contributed by atoms with van der Waals surface area (Å²) in [5.74, 6) is 0. The van der Waals surface area contributed by atoms with E-state index in [4.69, 9.17) is 0 Å². The van der Waals surface area contributed by atoms with Crippen LogP contribution in [0.25, 0.3) is 76.5 Å². The molecule has 0 saturated heterocycles. The molecule has 11 aromatic rings. The second-order valence-electron chi connectivity index (χ2n) is 14.2. The van der Waals surface area contributed by atoms with Gasteiger partial charge >= 0.3 is 0 Å². The van der Waals surface area contributed by atoms with E-state index < -0.39 is 0 Å². The summed E-state index contributed by atoms with van der Waals surface area (Å²) >= 11 is 0. The van der Waals surface area contributed by atoms with Gasteiger partial charge < -0.3 is 14.0 Å². The van der Waals surface area contributed by atoms with Crippen LogP contribution in [0.3, 0.4) is 0 Å². The van der Waals surface area contributed by atoms with Crippen LogP contribution in [-0.4, -0.2) is 9.13 Å². The summed E-state index contributed by atoms with van der Waals surface area (Å²) in [6.45, 7) is 5.25. The highest BCUT2D eigenvalue weighted by atomic mass is 15.1. The molecule has 0 saturated carbocycles. The molecule has 0 bridgehead atoms. The van der Waals surface area contributed by atoms with Crippen LogP contribution in [0.1, 0.15) is 6.92 Å². The SMILES string of the molecule is C=CC.c1ccc(-n2c3ccccc3c3c2ccc2c4ccccc4n(-c4ccc(N(c5ccc6ccccc6c5)c5ccc6ccccc6c5)cc4)c23)cc1. The molecule has 0 aliphatic heterocycles. The summed E-state index contributed by atoms with van der Waals surface area (Å²) in [6, 6.07) is 72.7. The zero-order chi connectivity index (χ0) is 37.6. The molecule has 2 aromatic heterocycles. The number of hydrogen-bond donors (Lipinski definition) is 0. The van der Waals surface area contributed by atoms with E-state index in [9.17, 15) is 0 Å². The Morgan fingerprint density at radius 2 is 0.875 bits per heavy atom. The Bertz CT molecular complexity index is 3140. The smallest absolute Gasteiger partial charge is 0.0641 e. The van der Waals surface area contributed by atoms with Crippen LogP contribution in [0.4, 0.5) is 17.1 Å². The summed E-state index contributed by atoms with van der Waals surface area (Å²) < 4.78 is 4.87. The first-order valence-corrected chi connectivity index (χ1v) is 19.2. The minimum atomic E-state index is 1.10. The molecule has 11 rings (SSSR count). The topological polar surface area (TPSA) is 13.1 Å². The molecule has 0 aliphatic rings. The van der Waals surface area contributed by atoms with E-state index in [0.717, 1.165) is 28.4 Å². The van der Waals surface area contributed by atoms with Gasteiger partial charge in [-0.2, -0.15) is 0 Å². The first kappa shape index (κ1) is 33.2. The predicted octanol–water partition coefficient (Wildman–Crippen LogP) is 14.8. The van der Waals surface area contributed by atoms with Crippen molar-refractivity contribution in [2.45, 2.75) is 6.92 Å². The molecule has 0 radical (unpaired) electrons. The van der Waals surface area contributed by atoms with E-state index in [1.165, 1.54) is 65.2 Å². The van der Waals surface area contributed by atoms with Gasteiger partial charge in [0.15, 0.2) is 0 Å². The molecule has 3 heteroatoms. The maximum atomic E-state index is 3.36. The molecule has 56 heavy (non-hydrogen) atoms. The quantitative estimate of drug-likeness (QED) is 0.162. The second kappa shape index (κ2) is 13.8. The molecule has 0 aliphatic carbocycles. The lowest BCUT2D eigenvalue weighted by Gasteiger charge is -2.26. The summed E-state index contributed by atoms with van der Waals surface area (Å²) in [5.41, 5.74) is 10.5. The molecule has 0 fully saturated rings. The Morgan fingerprint density at radius 1 is 0.393 bits per heavy atom. The van der Waals surface area contributed by atoms with Gasteiger partial charge in [0.1, 0.15) is 0 Å². The van der Waals surface area contributed by atoms with Gasteiger partial charge in [-0.1, -0.05) is 127 Å². The number of anilines is 3. The van der Waals surface area contributed by atoms with Crippen LogP contribution >= 0.6 is 0 Å². The molecule has 0 N–H and O–H groups in total. The molecule has 0 atom stereocenters. The fourth-order valence-electron chi connectivity index (χ4n) is 8.46. The zero-order valence-corrected chi connectivity index (χ0v) is 31.2. The van der Waals surface area contributed by atoms with E-state index in [1.54, 1.807) is 6.08 Å². The van der Waals surface area contributed by atoms with E-state index in [-0.39, 0.29) is 0 Å². The number of fused-ring (bicyclic) bond motifs is 9. The Kier molecular flexibility index (Phi) is 8.19. The standard InChI is InChI=1S/C50H33N3.C3H6/c1-2-16-38(17-3-1)52-47-21-11-9-19-45(47)49-48(52)31-30-44-43-18-8-10-20-46(43)53(50(44)49)40-28-26-39(27-29-40)51(41-24-22-34-12-4-6-14-36(34)32-41)42-25-23-35-13-5-7-15-37(35)33-42;1-3-2/h1-33H;3H,1H2,2H3. The number of aromatic nitrogens is 2. The Hall–Kier alpha value is -7.36. The lowest BCUT2D eigenvalue weighted by molar-refractivity contribution is 1.17. The minimum Gasteiger partial charge on any atom is -0.310 e. The fraction of sp³-hybridized carbons (Fsp3) is 0.0189. The van der Waals surface area contributed by atoms with Gasteiger partial charge in [-0.05, 0) is 107 Å². The fourth-order valence-corrected chi connectivity index (χ4v) is 8.46. The van der Waals surface area contributed by atoms with Crippen LogP contribution in [0.2, 0.25) is 0 Å². The van der Waals surface area contributed by atoms with E-state index in [2.05, 4.69) is 221 Å². The molecular formula is C53H39N3. The Labute approximate surface area is 326 Å². The normalized spacial score (nSPS) is 11.4. The van der Waals surface area contributed by atoms with E-state index in [1.807, 2.05) is 6.92 Å². The monoisotopic (exact) mass is 717 g/mol. The summed E-state index contributed by atoms with van der Waals surface area (Å²) in [7, 11) is 0. The molecule has 0 amide bonds. The third kappa shape index (κ3) is 5.44. The van der Waals surface area contributed by atoms with Gasteiger partial charge in [-0.3, -0.25) is 0 Å². The number of allylic oxidation sites excluding steroid dienone is 1. The Morgan fingerprint density at radius 3 is 1.50 bits per heavy atom. The average molecular weight is 718 g/mol. The molecular weight excluding hydrogens is 679 g/mol. The van der Waals surface area contributed by atoms with Crippen LogP contribution in [-0.2, 0) is 0 Å². The maximum absolute atomic E-state index is 3.36. The summed E-state index contributed by atoms with van der Waals surface area (Å²) in [5, 5.41) is 9.91. The van der Waals surface area contributed by atoms with Gasteiger partial charge in [0.05, 0.1) is 22.1 Å². The van der Waals surface area contributed by atoms with Crippen LogP contribution < -0.4 is 4.90 Å². The van der Waals surface area contributed by atoms with Gasteiger partial charge in [0.2, 0.25) is 0 Å². The molecule has 0 unspecified atom stereocenters. The van der Waals surface area contributed by atoms with Gasteiger partial charge in [0.25, 0.3) is 0 Å². The summed E-state index contributed by atoms with van der Waals surface area (Å²) in [6.07, 6.45) is 1.75. The third-order valence-electron chi connectivity index (χ3n) is 10.8. The van der Waals surface area contributed by atoms with Crippen LogP contribution in [0.5, 0.6) is 0 Å². The number of benzene rings is 9. The van der Waals surface area contributed by atoms with Crippen LogP contribution in [0.15, 0.2) is 213 Å². The van der Waals surface area contributed by atoms with E-state index >= 15 is 0 Å². The summed E-state index contributed by atoms with van der Waals surface area (Å²) in [4.78, 5) is 2.38. The van der Waals surface area contributed by atoms with Crippen molar-refractivity contribution in [1.29, 1.82) is 0 Å². The molecule has 9 aromatic carbocycles. The van der Waals surface area contributed by atoms with E-state index in [0.29, 0.717) is 0 Å². The molecule has 266 valence electrons. The number of nitrogens with zero attached hydrogens (tertiary/aromatic N) is 3. The van der Waals surface area contributed by atoms with Crippen molar-refractivity contribution in [2.75, 3.05) is 4.90 Å². The van der Waals surface area contributed by atoms with Crippen molar-refractivity contribution in [3.63, 3.8) is 0 Å². The van der Waals surface area contributed by atoms with Gasteiger partial charge in [-0.15, -0.1) is 6.58 Å².